The van der Waals surface area contributed by atoms with Gasteiger partial charge in [-0.1, -0.05) is 0 Å². The molecule has 0 amide bonds. The Hall–Kier alpha value is -1.63. The summed E-state index contributed by atoms with van der Waals surface area (Å²) in [6.07, 6.45) is -2.28. The molecule has 3 unspecified atom stereocenters. The number of carbonyl (C=O) groups excluding carboxylic acids is 3. The molecule has 0 saturated carbocycles. The van der Waals surface area contributed by atoms with Gasteiger partial charge >= 0.3 is 17.9 Å². The number of hydrogen-bond acceptors (Lipinski definition) is 7. The summed E-state index contributed by atoms with van der Waals surface area (Å²) < 4.78 is 19.5. The molecular formula is C10H14O7. The predicted octanol–water partition coefficient (Wildman–Crippen LogP) is -0.231. The van der Waals surface area contributed by atoms with Crippen molar-refractivity contribution in [2.75, 3.05) is 6.61 Å². The topological polar surface area (TPSA) is 88.1 Å². The summed E-state index contributed by atoms with van der Waals surface area (Å²) >= 11 is 0. The van der Waals surface area contributed by atoms with Gasteiger partial charge < -0.3 is 18.9 Å². The second kappa shape index (κ2) is 5.62. The van der Waals surface area contributed by atoms with Gasteiger partial charge in [0.15, 0.2) is 6.10 Å². The molecule has 1 heterocycles. The molecule has 3 atom stereocenters. The van der Waals surface area contributed by atoms with Crippen LogP contribution in [-0.4, -0.2) is 43.0 Å². The number of hydrogen-bond donors (Lipinski definition) is 0. The summed E-state index contributed by atoms with van der Waals surface area (Å²) in [4.78, 5) is 32.2. The van der Waals surface area contributed by atoms with Gasteiger partial charge in [0.05, 0.1) is 0 Å². The Balaban J connectivity index is 2.47. The van der Waals surface area contributed by atoms with E-state index in [2.05, 4.69) is 0 Å². The summed E-state index contributed by atoms with van der Waals surface area (Å²) in [7, 11) is 0. The highest BCUT2D eigenvalue weighted by Crippen LogP contribution is 2.26. The van der Waals surface area contributed by atoms with E-state index < -0.39 is 36.4 Å². The largest absolute Gasteiger partial charge is 0.463 e. The van der Waals surface area contributed by atoms with Crippen molar-refractivity contribution < 1.29 is 33.3 Å². The third kappa shape index (κ3) is 4.03. The van der Waals surface area contributed by atoms with Crippen molar-refractivity contribution in [1.29, 1.82) is 0 Å². The van der Waals surface area contributed by atoms with Crippen molar-refractivity contribution in [2.24, 2.45) is 0 Å². The third-order valence-corrected chi connectivity index (χ3v) is 1.98. The summed E-state index contributed by atoms with van der Waals surface area (Å²) in [5.41, 5.74) is 0. The number of carbonyl (C=O) groups is 3. The fraction of sp³-hybridized carbons (Fsp3) is 0.700. The quantitative estimate of drug-likeness (QED) is 0.500. The first kappa shape index (κ1) is 13.4. The second-order valence-corrected chi connectivity index (χ2v) is 3.53. The van der Waals surface area contributed by atoms with Crippen LogP contribution in [-0.2, 0) is 33.3 Å². The number of ether oxygens (including phenoxy) is 4. The Labute approximate surface area is 98.0 Å². The molecule has 1 aliphatic heterocycles. The lowest BCUT2D eigenvalue weighted by Crippen LogP contribution is -2.59. The van der Waals surface area contributed by atoms with E-state index in [-0.39, 0.29) is 6.61 Å². The molecule has 0 radical (unpaired) electrons. The molecule has 0 spiro atoms. The molecule has 0 aromatic carbocycles. The highest BCUT2D eigenvalue weighted by atomic mass is 16.8. The van der Waals surface area contributed by atoms with E-state index in [9.17, 15) is 14.4 Å². The lowest BCUT2D eigenvalue weighted by Gasteiger charge is -2.41. The zero-order chi connectivity index (χ0) is 13.0. The molecule has 1 fully saturated rings. The van der Waals surface area contributed by atoms with Gasteiger partial charge in [0.1, 0.15) is 12.7 Å². The predicted molar refractivity (Wildman–Crippen MR) is 52.6 cm³/mol. The van der Waals surface area contributed by atoms with Crippen molar-refractivity contribution in [3.8, 4) is 0 Å². The molecular weight excluding hydrogens is 232 g/mol. The van der Waals surface area contributed by atoms with Crippen LogP contribution in [0.1, 0.15) is 20.8 Å². The highest BCUT2D eigenvalue weighted by molar-refractivity contribution is 5.67. The first-order valence-electron chi connectivity index (χ1n) is 5.03. The van der Waals surface area contributed by atoms with Gasteiger partial charge in [0, 0.05) is 20.8 Å². The zero-order valence-electron chi connectivity index (χ0n) is 9.80. The van der Waals surface area contributed by atoms with E-state index in [0.717, 1.165) is 0 Å². The third-order valence-electron chi connectivity index (χ3n) is 1.98. The van der Waals surface area contributed by atoms with Gasteiger partial charge in [-0.15, -0.1) is 0 Å². The minimum Gasteiger partial charge on any atom is -0.463 e. The SMILES string of the molecule is CC(=O)OCC1OC(OC(C)=O)C1OC(C)=O. The minimum absolute atomic E-state index is 0.0506. The Kier molecular flexibility index (Phi) is 4.45. The van der Waals surface area contributed by atoms with E-state index in [4.69, 9.17) is 18.9 Å². The maximum atomic E-state index is 10.8. The monoisotopic (exact) mass is 246 g/mol. The van der Waals surface area contributed by atoms with Gasteiger partial charge in [-0.2, -0.15) is 0 Å². The summed E-state index contributed by atoms with van der Waals surface area (Å²) in [5, 5.41) is 0. The fourth-order valence-electron chi connectivity index (χ4n) is 1.33. The second-order valence-electron chi connectivity index (χ2n) is 3.53. The van der Waals surface area contributed by atoms with E-state index in [1.807, 2.05) is 0 Å². The van der Waals surface area contributed by atoms with E-state index in [1.165, 1.54) is 20.8 Å². The lowest BCUT2D eigenvalue weighted by molar-refractivity contribution is -0.319. The normalized spacial score (nSPS) is 26.6. The Morgan fingerprint density at radius 2 is 1.59 bits per heavy atom. The molecule has 7 nitrogen and oxygen atoms in total. The van der Waals surface area contributed by atoms with Crippen molar-refractivity contribution in [3.63, 3.8) is 0 Å². The van der Waals surface area contributed by atoms with Gasteiger partial charge in [-0.3, -0.25) is 14.4 Å². The van der Waals surface area contributed by atoms with Crippen molar-refractivity contribution in [1.82, 2.24) is 0 Å². The molecule has 0 N–H and O–H groups in total. The molecule has 1 rings (SSSR count). The fourth-order valence-corrected chi connectivity index (χ4v) is 1.33. The summed E-state index contributed by atoms with van der Waals surface area (Å²) in [6.45, 7) is 3.65. The molecule has 1 aliphatic rings. The summed E-state index contributed by atoms with van der Waals surface area (Å²) in [5.74, 6) is -1.53. The molecule has 7 heteroatoms. The van der Waals surface area contributed by atoms with E-state index in [0.29, 0.717) is 0 Å². The van der Waals surface area contributed by atoms with Gasteiger partial charge in [0.2, 0.25) is 6.29 Å². The molecule has 0 aromatic heterocycles. The van der Waals surface area contributed by atoms with E-state index in [1.54, 1.807) is 0 Å². The van der Waals surface area contributed by atoms with Crippen LogP contribution in [0, 0.1) is 0 Å². The van der Waals surface area contributed by atoms with Gasteiger partial charge in [-0.05, 0) is 0 Å². The first-order valence-corrected chi connectivity index (χ1v) is 5.03. The highest BCUT2D eigenvalue weighted by Gasteiger charge is 2.48. The molecule has 1 saturated heterocycles. The summed E-state index contributed by atoms with van der Waals surface area (Å²) in [6, 6.07) is 0. The molecule has 96 valence electrons. The van der Waals surface area contributed by atoms with Crippen LogP contribution < -0.4 is 0 Å². The Morgan fingerprint density at radius 1 is 1.00 bits per heavy atom. The molecule has 0 bridgehead atoms. The number of esters is 3. The average molecular weight is 246 g/mol. The molecule has 17 heavy (non-hydrogen) atoms. The Morgan fingerprint density at radius 3 is 2.06 bits per heavy atom. The lowest BCUT2D eigenvalue weighted by atomic mass is 10.1. The molecule has 0 aromatic rings. The number of rotatable bonds is 4. The van der Waals surface area contributed by atoms with Crippen LogP contribution in [0.3, 0.4) is 0 Å². The van der Waals surface area contributed by atoms with Crippen molar-refractivity contribution >= 4 is 17.9 Å². The van der Waals surface area contributed by atoms with Crippen LogP contribution in [0.2, 0.25) is 0 Å². The van der Waals surface area contributed by atoms with Crippen molar-refractivity contribution in [3.05, 3.63) is 0 Å². The van der Waals surface area contributed by atoms with Crippen LogP contribution in [0.25, 0.3) is 0 Å². The molecule has 0 aliphatic carbocycles. The Bertz CT molecular complexity index is 325. The van der Waals surface area contributed by atoms with Crippen LogP contribution in [0.5, 0.6) is 0 Å². The minimum atomic E-state index is -0.933. The maximum absolute atomic E-state index is 10.8. The van der Waals surface area contributed by atoms with Crippen molar-refractivity contribution in [2.45, 2.75) is 39.3 Å². The van der Waals surface area contributed by atoms with Gasteiger partial charge in [0.25, 0.3) is 0 Å². The zero-order valence-corrected chi connectivity index (χ0v) is 9.80. The first-order chi connectivity index (χ1) is 7.90. The standard InChI is InChI=1S/C10H14O7/c1-5(11)14-4-8-9(15-6(2)12)10(17-8)16-7(3)13/h8-10H,4H2,1-3H3. The smallest absolute Gasteiger partial charge is 0.305 e. The van der Waals surface area contributed by atoms with E-state index >= 15 is 0 Å². The van der Waals surface area contributed by atoms with Crippen LogP contribution in [0.4, 0.5) is 0 Å². The van der Waals surface area contributed by atoms with Crippen LogP contribution >= 0.6 is 0 Å². The average Bonchev–Trinajstić information content (AvgIpc) is 2.18. The van der Waals surface area contributed by atoms with Gasteiger partial charge in [-0.25, -0.2) is 0 Å². The maximum Gasteiger partial charge on any atom is 0.305 e. The van der Waals surface area contributed by atoms with Crippen LogP contribution in [0.15, 0.2) is 0 Å².